The fourth-order valence-corrected chi connectivity index (χ4v) is 4.30. The van der Waals surface area contributed by atoms with E-state index in [0.717, 1.165) is 19.2 Å². The van der Waals surface area contributed by atoms with Crippen LogP contribution in [0.5, 0.6) is 0 Å². The van der Waals surface area contributed by atoms with Crippen LogP contribution in [0.1, 0.15) is 81.1 Å². The molecule has 1 unspecified atom stereocenters. The van der Waals surface area contributed by atoms with E-state index in [1.807, 2.05) is 48.5 Å². The molecule has 0 radical (unpaired) electrons. The summed E-state index contributed by atoms with van der Waals surface area (Å²) in [4.78, 5) is 25.2. The van der Waals surface area contributed by atoms with E-state index in [-0.39, 0.29) is 36.1 Å². The molecule has 1 saturated carbocycles. The van der Waals surface area contributed by atoms with Crippen molar-refractivity contribution in [2.24, 2.45) is 11.7 Å². The predicted molar refractivity (Wildman–Crippen MR) is 115 cm³/mol. The van der Waals surface area contributed by atoms with Crippen molar-refractivity contribution >= 4 is 18.9 Å². The first kappa shape index (κ1) is 24.2. The summed E-state index contributed by atoms with van der Waals surface area (Å²) in [5.41, 5.74) is 4.22. The van der Waals surface area contributed by atoms with Gasteiger partial charge in [-0.1, -0.05) is 6.42 Å². The monoisotopic (exact) mass is 409 g/mol. The van der Waals surface area contributed by atoms with Gasteiger partial charge in [-0.15, -0.1) is 0 Å². The van der Waals surface area contributed by atoms with Gasteiger partial charge in [0.1, 0.15) is 5.54 Å². The van der Waals surface area contributed by atoms with Crippen LogP contribution in [0.25, 0.3) is 0 Å². The zero-order valence-electron chi connectivity index (χ0n) is 19.5. The first-order valence-electron chi connectivity index (χ1n) is 10.8. The molecule has 29 heavy (non-hydrogen) atoms. The number of nitrogens with two attached hydrogens (primary N) is 1. The molecule has 3 atom stereocenters. The van der Waals surface area contributed by atoms with Crippen molar-refractivity contribution in [3.05, 3.63) is 0 Å². The summed E-state index contributed by atoms with van der Waals surface area (Å²) < 4.78 is 12.2. The van der Waals surface area contributed by atoms with E-state index in [0.29, 0.717) is 12.8 Å². The van der Waals surface area contributed by atoms with Gasteiger partial charge in [-0.25, -0.2) is 0 Å². The first-order valence-corrected chi connectivity index (χ1v) is 10.8. The Labute approximate surface area is 176 Å². The summed E-state index contributed by atoms with van der Waals surface area (Å²) >= 11 is 0. The molecule has 166 valence electrons. The Kier molecular flexibility index (Phi) is 6.83. The van der Waals surface area contributed by atoms with Crippen LogP contribution in [0.2, 0.25) is 6.32 Å². The fourth-order valence-electron chi connectivity index (χ4n) is 4.30. The molecule has 0 spiro atoms. The number of carbonyl (C=O) groups excluding carboxylic acids is 2. The lowest BCUT2D eigenvalue weighted by Crippen LogP contribution is -2.71. The largest absolute Gasteiger partial charge is 0.457 e. The summed E-state index contributed by atoms with van der Waals surface area (Å²) in [5, 5.41) is 5.93. The second-order valence-electron chi connectivity index (χ2n) is 10.9. The van der Waals surface area contributed by atoms with E-state index >= 15 is 0 Å². The van der Waals surface area contributed by atoms with Crippen molar-refractivity contribution in [1.29, 1.82) is 0 Å². The van der Waals surface area contributed by atoms with E-state index in [9.17, 15) is 9.59 Å². The molecule has 1 heterocycles. The lowest BCUT2D eigenvalue weighted by atomic mass is 9.68. The predicted octanol–water partition coefficient (Wildman–Crippen LogP) is 2.39. The number of rotatable bonds is 5. The maximum atomic E-state index is 13.2. The molecule has 1 aliphatic carbocycles. The van der Waals surface area contributed by atoms with Gasteiger partial charge in [0.2, 0.25) is 11.8 Å². The molecule has 0 aromatic rings. The quantitative estimate of drug-likeness (QED) is 0.605. The molecule has 8 heteroatoms. The van der Waals surface area contributed by atoms with Crippen LogP contribution < -0.4 is 16.4 Å². The highest BCUT2D eigenvalue weighted by atomic mass is 16.7. The van der Waals surface area contributed by atoms with Crippen LogP contribution >= 0.6 is 0 Å². The van der Waals surface area contributed by atoms with Crippen molar-refractivity contribution in [3.63, 3.8) is 0 Å². The summed E-state index contributed by atoms with van der Waals surface area (Å²) in [6.07, 6.45) is 3.74. The lowest BCUT2D eigenvalue weighted by Gasteiger charge is -2.45. The van der Waals surface area contributed by atoms with E-state index in [2.05, 4.69) is 10.6 Å². The fraction of sp³-hybridized carbons (Fsp3) is 0.905. The summed E-state index contributed by atoms with van der Waals surface area (Å²) in [6, 6.07) is -0.415. The molecule has 2 amide bonds. The van der Waals surface area contributed by atoms with Crippen molar-refractivity contribution in [2.75, 3.05) is 0 Å². The van der Waals surface area contributed by atoms with Gasteiger partial charge in [-0.3, -0.25) is 9.59 Å². The third kappa shape index (κ3) is 5.53. The van der Waals surface area contributed by atoms with Crippen molar-refractivity contribution in [1.82, 2.24) is 10.6 Å². The standard InChI is InChI=1S/C21H40BN3O4/c1-14(26)24-21(17(27)25-18(2,3)4)13-15(9-10-16(21)23)11-12-22-28-19(5,6)20(7,8)29-22/h15-16H,9-13,23H2,1-8H3,(H,24,26)(H,25,27)/t15-,16?,21+/m0/s1. The molecule has 0 aromatic carbocycles. The highest BCUT2D eigenvalue weighted by Crippen LogP contribution is 2.40. The number of amides is 2. The van der Waals surface area contributed by atoms with Crippen molar-refractivity contribution < 1.29 is 18.9 Å². The van der Waals surface area contributed by atoms with E-state index in [4.69, 9.17) is 15.0 Å². The second kappa shape index (κ2) is 8.19. The molecule has 2 rings (SSSR count). The van der Waals surface area contributed by atoms with Crippen molar-refractivity contribution in [3.8, 4) is 0 Å². The number of carbonyl (C=O) groups is 2. The summed E-state index contributed by atoms with van der Waals surface area (Å²) in [7, 11) is -0.255. The summed E-state index contributed by atoms with van der Waals surface area (Å²) in [5.74, 6) is -0.185. The van der Waals surface area contributed by atoms with Gasteiger partial charge < -0.3 is 25.7 Å². The minimum atomic E-state index is -1.09. The minimum absolute atomic E-state index is 0.201. The Morgan fingerprint density at radius 1 is 1.10 bits per heavy atom. The Morgan fingerprint density at radius 3 is 2.14 bits per heavy atom. The number of nitrogens with one attached hydrogen (secondary N) is 2. The molecule has 7 nitrogen and oxygen atoms in total. The smallest absolute Gasteiger partial charge is 0.403 e. The van der Waals surface area contributed by atoms with Crippen molar-refractivity contribution in [2.45, 2.75) is 116 Å². The molecule has 2 fully saturated rings. The van der Waals surface area contributed by atoms with Gasteiger partial charge in [-0.05, 0) is 80.0 Å². The molecule has 4 N–H and O–H groups in total. The van der Waals surface area contributed by atoms with E-state index in [1.54, 1.807) is 0 Å². The average molecular weight is 409 g/mol. The molecule has 2 aliphatic rings. The van der Waals surface area contributed by atoms with Gasteiger partial charge in [0, 0.05) is 18.5 Å². The molecular weight excluding hydrogens is 369 g/mol. The molecule has 1 aliphatic heterocycles. The topological polar surface area (TPSA) is 103 Å². The van der Waals surface area contributed by atoms with Crippen LogP contribution in [0.15, 0.2) is 0 Å². The zero-order valence-corrected chi connectivity index (χ0v) is 19.5. The Hall–Kier alpha value is -1.12. The van der Waals surface area contributed by atoms with Crippen LogP contribution in [0.3, 0.4) is 0 Å². The number of hydrogen-bond donors (Lipinski definition) is 3. The van der Waals surface area contributed by atoms with Gasteiger partial charge >= 0.3 is 7.12 Å². The maximum Gasteiger partial charge on any atom is 0.457 e. The SMILES string of the molecule is CC(=O)N[C@]1(C(=O)NC(C)(C)C)C[C@H](CCB2OC(C)(C)C(C)(C)O2)CCC1N. The van der Waals surface area contributed by atoms with Crippen LogP contribution in [0.4, 0.5) is 0 Å². The molecular formula is C21H40BN3O4. The summed E-state index contributed by atoms with van der Waals surface area (Å²) in [6.45, 7) is 15.4. The van der Waals surface area contributed by atoms with Crippen LogP contribution in [-0.4, -0.2) is 47.3 Å². The Bertz CT molecular complexity index is 616. The van der Waals surface area contributed by atoms with Crippen LogP contribution in [0, 0.1) is 5.92 Å². The third-order valence-corrected chi connectivity index (χ3v) is 6.54. The van der Waals surface area contributed by atoms with E-state index < -0.39 is 17.1 Å². The lowest BCUT2D eigenvalue weighted by molar-refractivity contribution is -0.137. The first-order chi connectivity index (χ1) is 13.1. The molecule has 0 aromatic heterocycles. The van der Waals surface area contributed by atoms with Gasteiger partial charge in [0.25, 0.3) is 0 Å². The maximum absolute atomic E-state index is 13.2. The van der Waals surface area contributed by atoms with Gasteiger partial charge in [0.05, 0.1) is 11.2 Å². The van der Waals surface area contributed by atoms with Gasteiger partial charge in [0.15, 0.2) is 0 Å². The van der Waals surface area contributed by atoms with Crippen LogP contribution in [-0.2, 0) is 18.9 Å². The zero-order chi connectivity index (χ0) is 22.3. The number of hydrogen-bond acceptors (Lipinski definition) is 5. The van der Waals surface area contributed by atoms with Gasteiger partial charge in [-0.2, -0.15) is 0 Å². The highest BCUT2D eigenvalue weighted by Gasteiger charge is 2.52. The highest BCUT2D eigenvalue weighted by molar-refractivity contribution is 6.45. The second-order valence-corrected chi connectivity index (χ2v) is 10.9. The Balaban J connectivity index is 2.10. The average Bonchev–Trinajstić information content (AvgIpc) is 2.73. The third-order valence-electron chi connectivity index (χ3n) is 6.54. The molecule has 0 bridgehead atoms. The normalized spacial score (nSPS) is 31.4. The minimum Gasteiger partial charge on any atom is -0.403 e. The van der Waals surface area contributed by atoms with E-state index in [1.165, 1.54) is 6.92 Å². The Morgan fingerprint density at radius 2 is 1.66 bits per heavy atom. The molecule has 1 saturated heterocycles.